The third kappa shape index (κ3) is 4.47. The summed E-state index contributed by atoms with van der Waals surface area (Å²) >= 11 is 0. The molecule has 1 fully saturated rings. The maximum Gasteiger partial charge on any atom is 0.410 e. The standard InChI is InChI=1S/C18H27NO3/c1-13-7-5-6-8-14(13)11-15-12-19(10-9-16(15)20)17(21)22-18(2,3)4/h5-8,15-16,20H,9-12H2,1-4H3. The third-order valence-corrected chi connectivity index (χ3v) is 4.09. The van der Waals surface area contributed by atoms with Gasteiger partial charge >= 0.3 is 6.09 Å². The van der Waals surface area contributed by atoms with Crippen molar-refractivity contribution >= 4 is 6.09 Å². The smallest absolute Gasteiger partial charge is 0.410 e. The van der Waals surface area contributed by atoms with E-state index < -0.39 is 5.60 Å². The van der Waals surface area contributed by atoms with Crippen molar-refractivity contribution in [3.63, 3.8) is 0 Å². The molecule has 0 bridgehead atoms. The molecule has 1 saturated heterocycles. The van der Waals surface area contributed by atoms with Crippen LogP contribution in [0, 0.1) is 12.8 Å². The van der Waals surface area contributed by atoms with Gasteiger partial charge in [-0.2, -0.15) is 0 Å². The molecule has 0 radical (unpaired) electrons. The van der Waals surface area contributed by atoms with Crippen LogP contribution in [-0.2, 0) is 11.2 Å². The van der Waals surface area contributed by atoms with Crippen molar-refractivity contribution in [3.05, 3.63) is 35.4 Å². The number of aliphatic hydroxyl groups excluding tert-OH is 1. The maximum atomic E-state index is 12.2. The molecule has 22 heavy (non-hydrogen) atoms. The molecule has 1 amide bonds. The Labute approximate surface area is 133 Å². The molecular weight excluding hydrogens is 278 g/mol. The van der Waals surface area contributed by atoms with E-state index in [0.717, 1.165) is 6.42 Å². The van der Waals surface area contributed by atoms with Crippen LogP contribution in [0.15, 0.2) is 24.3 Å². The number of hydrogen-bond donors (Lipinski definition) is 1. The lowest BCUT2D eigenvalue weighted by atomic mass is 9.87. The minimum absolute atomic E-state index is 0.0577. The lowest BCUT2D eigenvalue weighted by Crippen LogP contribution is -2.48. The van der Waals surface area contributed by atoms with Gasteiger partial charge < -0.3 is 14.7 Å². The fraction of sp³-hybridized carbons (Fsp3) is 0.611. The van der Waals surface area contributed by atoms with E-state index in [1.165, 1.54) is 11.1 Å². The van der Waals surface area contributed by atoms with Crippen molar-refractivity contribution in [1.29, 1.82) is 0 Å². The summed E-state index contributed by atoms with van der Waals surface area (Å²) in [7, 11) is 0. The molecule has 1 heterocycles. The molecule has 1 aromatic carbocycles. The highest BCUT2D eigenvalue weighted by Crippen LogP contribution is 2.24. The summed E-state index contributed by atoms with van der Waals surface area (Å²) in [5.41, 5.74) is 1.97. The largest absolute Gasteiger partial charge is 0.444 e. The van der Waals surface area contributed by atoms with E-state index in [2.05, 4.69) is 19.1 Å². The molecule has 1 aliphatic heterocycles. The first-order valence-electron chi connectivity index (χ1n) is 7.97. The number of nitrogens with zero attached hydrogens (tertiary/aromatic N) is 1. The molecule has 1 N–H and O–H groups in total. The number of carbonyl (C=O) groups is 1. The summed E-state index contributed by atoms with van der Waals surface area (Å²) < 4.78 is 5.44. The maximum absolute atomic E-state index is 12.2. The van der Waals surface area contributed by atoms with Gasteiger partial charge in [0, 0.05) is 19.0 Å². The van der Waals surface area contributed by atoms with Crippen molar-refractivity contribution < 1.29 is 14.6 Å². The average molecular weight is 305 g/mol. The zero-order chi connectivity index (χ0) is 16.3. The van der Waals surface area contributed by atoms with Gasteiger partial charge in [0.1, 0.15) is 5.60 Å². The predicted molar refractivity (Wildman–Crippen MR) is 86.8 cm³/mol. The summed E-state index contributed by atoms with van der Waals surface area (Å²) in [6.07, 6.45) is 0.746. The second-order valence-corrected chi connectivity index (χ2v) is 7.17. The highest BCUT2D eigenvalue weighted by atomic mass is 16.6. The molecule has 122 valence electrons. The average Bonchev–Trinajstić information content (AvgIpc) is 2.41. The van der Waals surface area contributed by atoms with E-state index in [4.69, 9.17) is 4.74 Å². The Hall–Kier alpha value is -1.55. The van der Waals surface area contributed by atoms with E-state index in [9.17, 15) is 9.90 Å². The summed E-state index contributed by atoms with van der Waals surface area (Å²) in [5, 5.41) is 10.3. The second kappa shape index (κ2) is 6.69. The summed E-state index contributed by atoms with van der Waals surface area (Å²) in [4.78, 5) is 13.9. The molecule has 0 aliphatic carbocycles. The third-order valence-electron chi connectivity index (χ3n) is 4.09. The van der Waals surface area contributed by atoms with E-state index in [1.54, 1.807) is 4.90 Å². The molecule has 0 saturated carbocycles. The van der Waals surface area contributed by atoms with Crippen LogP contribution in [0.1, 0.15) is 38.3 Å². The van der Waals surface area contributed by atoms with Crippen molar-refractivity contribution in [2.75, 3.05) is 13.1 Å². The van der Waals surface area contributed by atoms with Gasteiger partial charge in [-0.05, 0) is 51.7 Å². The Balaban J connectivity index is 2.02. The van der Waals surface area contributed by atoms with Crippen molar-refractivity contribution in [3.8, 4) is 0 Å². The van der Waals surface area contributed by atoms with Gasteiger partial charge in [-0.25, -0.2) is 4.79 Å². The first kappa shape index (κ1) is 16.8. The highest BCUT2D eigenvalue weighted by Gasteiger charge is 2.32. The summed E-state index contributed by atoms with van der Waals surface area (Å²) in [6, 6.07) is 8.21. The Morgan fingerprint density at radius 2 is 2.05 bits per heavy atom. The molecule has 4 nitrogen and oxygen atoms in total. The number of likely N-dealkylation sites (tertiary alicyclic amines) is 1. The lowest BCUT2D eigenvalue weighted by molar-refractivity contribution is -0.00825. The zero-order valence-electron chi connectivity index (χ0n) is 14.0. The monoisotopic (exact) mass is 305 g/mol. The van der Waals surface area contributed by atoms with Crippen LogP contribution < -0.4 is 0 Å². The molecule has 1 aliphatic rings. The number of carbonyl (C=O) groups excluding carboxylic acids is 1. The van der Waals surface area contributed by atoms with Gasteiger partial charge in [-0.3, -0.25) is 0 Å². The minimum Gasteiger partial charge on any atom is -0.444 e. The quantitative estimate of drug-likeness (QED) is 0.913. The Morgan fingerprint density at radius 1 is 1.36 bits per heavy atom. The first-order valence-corrected chi connectivity index (χ1v) is 7.97. The van der Waals surface area contributed by atoms with E-state index >= 15 is 0 Å². The van der Waals surface area contributed by atoms with Gasteiger partial charge in [-0.1, -0.05) is 24.3 Å². The SMILES string of the molecule is Cc1ccccc1CC1CN(C(=O)OC(C)(C)C)CCC1O. The molecule has 4 heteroatoms. The van der Waals surface area contributed by atoms with Crippen molar-refractivity contribution in [1.82, 2.24) is 4.90 Å². The molecular formula is C18H27NO3. The fourth-order valence-corrected chi connectivity index (χ4v) is 2.83. The number of amides is 1. The number of rotatable bonds is 2. The molecule has 2 atom stereocenters. The highest BCUT2D eigenvalue weighted by molar-refractivity contribution is 5.68. The van der Waals surface area contributed by atoms with Crippen LogP contribution in [0.5, 0.6) is 0 Å². The molecule has 2 rings (SSSR count). The van der Waals surface area contributed by atoms with E-state index in [-0.39, 0.29) is 18.1 Å². The summed E-state index contributed by atoms with van der Waals surface area (Å²) in [6.45, 7) is 8.79. The van der Waals surface area contributed by atoms with Crippen molar-refractivity contribution in [2.24, 2.45) is 5.92 Å². The second-order valence-electron chi connectivity index (χ2n) is 7.17. The topological polar surface area (TPSA) is 49.8 Å². The Bertz CT molecular complexity index is 521. The molecule has 1 aromatic rings. The first-order chi connectivity index (χ1) is 10.3. The Kier molecular flexibility index (Phi) is 5.12. The van der Waals surface area contributed by atoms with Crippen LogP contribution in [-0.4, -0.2) is 40.9 Å². The van der Waals surface area contributed by atoms with Gasteiger partial charge in [0.25, 0.3) is 0 Å². The van der Waals surface area contributed by atoms with Gasteiger partial charge in [0.2, 0.25) is 0 Å². The van der Waals surface area contributed by atoms with Gasteiger partial charge in [0.15, 0.2) is 0 Å². The van der Waals surface area contributed by atoms with E-state index in [0.29, 0.717) is 19.5 Å². The normalized spacial score (nSPS) is 22.5. The predicted octanol–water partition coefficient (Wildman–Crippen LogP) is 3.16. The minimum atomic E-state index is -0.487. The zero-order valence-corrected chi connectivity index (χ0v) is 14.0. The number of hydrogen-bond acceptors (Lipinski definition) is 3. The van der Waals surface area contributed by atoms with E-state index in [1.807, 2.05) is 32.9 Å². The van der Waals surface area contributed by atoms with Crippen LogP contribution in [0.25, 0.3) is 0 Å². The molecule has 0 aromatic heterocycles. The number of aryl methyl sites for hydroxylation is 1. The van der Waals surface area contributed by atoms with Crippen LogP contribution in [0.2, 0.25) is 0 Å². The summed E-state index contributed by atoms with van der Waals surface area (Å²) in [5.74, 6) is 0.0577. The Morgan fingerprint density at radius 3 is 2.68 bits per heavy atom. The number of piperidine rings is 1. The molecule has 2 unspecified atom stereocenters. The van der Waals surface area contributed by atoms with Gasteiger partial charge in [-0.15, -0.1) is 0 Å². The number of ether oxygens (including phenoxy) is 1. The van der Waals surface area contributed by atoms with Crippen LogP contribution in [0.3, 0.4) is 0 Å². The fourth-order valence-electron chi connectivity index (χ4n) is 2.83. The molecule has 0 spiro atoms. The number of aliphatic hydroxyl groups is 1. The lowest BCUT2D eigenvalue weighted by Gasteiger charge is -2.37. The number of benzene rings is 1. The van der Waals surface area contributed by atoms with Crippen molar-refractivity contribution in [2.45, 2.75) is 52.2 Å². The van der Waals surface area contributed by atoms with Crippen LogP contribution in [0.4, 0.5) is 4.79 Å². The van der Waals surface area contributed by atoms with Gasteiger partial charge in [0.05, 0.1) is 6.10 Å². The van der Waals surface area contributed by atoms with Crippen LogP contribution >= 0.6 is 0 Å².